The van der Waals surface area contributed by atoms with Gasteiger partial charge >= 0.3 is 5.97 Å². The van der Waals surface area contributed by atoms with Gasteiger partial charge < -0.3 is 10.1 Å². The number of hydrogen-bond acceptors (Lipinski definition) is 3. The highest BCUT2D eigenvalue weighted by Crippen LogP contribution is 2.49. The Morgan fingerprint density at radius 3 is 3.25 bits per heavy atom. The fourth-order valence-corrected chi connectivity index (χ4v) is 2.14. The molecule has 0 unspecified atom stereocenters. The topological polar surface area (TPSA) is 38.3 Å². The van der Waals surface area contributed by atoms with Gasteiger partial charge in [-0.1, -0.05) is 0 Å². The molecule has 2 aliphatic rings. The molecule has 0 aromatic heterocycles. The van der Waals surface area contributed by atoms with Crippen molar-refractivity contribution in [2.75, 3.05) is 13.2 Å². The van der Waals surface area contributed by atoms with Crippen LogP contribution in [0.4, 0.5) is 0 Å². The molecule has 3 heteroatoms. The van der Waals surface area contributed by atoms with Crippen LogP contribution in [0.5, 0.6) is 0 Å². The number of esters is 1. The van der Waals surface area contributed by atoms with Gasteiger partial charge in [-0.3, -0.25) is 4.79 Å². The molecule has 0 amide bonds. The smallest absolute Gasteiger partial charge is 0.326 e. The average Bonchev–Trinajstić information content (AvgIpc) is 2.79. The second kappa shape index (κ2) is 2.73. The van der Waals surface area contributed by atoms with E-state index in [4.69, 9.17) is 4.74 Å². The second-order valence-corrected chi connectivity index (χ2v) is 3.66. The van der Waals surface area contributed by atoms with Crippen LogP contribution < -0.4 is 5.32 Å². The summed E-state index contributed by atoms with van der Waals surface area (Å²) >= 11 is 0. The number of carbonyl (C=O) groups is 1. The molecular formula is C9H15NO2. The number of rotatable bonds is 2. The molecule has 0 aromatic rings. The van der Waals surface area contributed by atoms with Gasteiger partial charge in [0.15, 0.2) is 0 Å². The molecule has 1 N–H and O–H groups in total. The summed E-state index contributed by atoms with van der Waals surface area (Å²) in [5.74, 6) is 0.528. The molecule has 3 nitrogen and oxygen atoms in total. The third-order valence-corrected chi connectivity index (χ3v) is 2.91. The summed E-state index contributed by atoms with van der Waals surface area (Å²) < 4.78 is 5.02. The van der Waals surface area contributed by atoms with E-state index in [9.17, 15) is 4.79 Å². The van der Waals surface area contributed by atoms with Crippen molar-refractivity contribution in [2.24, 2.45) is 5.92 Å². The molecule has 2 fully saturated rings. The lowest BCUT2D eigenvalue weighted by Crippen LogP contribution is -2.45. The van der Waals surface area contributed by atoms with Crippen molar-refractivity contribution >= 4 is 5.97 Å². The van der Waals surface area contributed by atoms with Crippen molar-refractivity contribution in [2.45, 2.75) is 31.7 Å². The molecule has 1 aliphatic heterocycles. The summed E-state index contributed by atoms with van der Waals surface area (Å²) in [7, 11) is 0. The molecule has 1 saturated heterocycles. The van der Waals surface area contributed by atoms with Gasteiger partial charge in [0.2, 0.25) is 0 Å². The van der Waals surface area contributed by atoms with Crippen LogP contribution in [-0.2, 0) is 9.53 Å². The quantitative estimate of drug-likeness (QED) is 0.618. The standard InChI is InChI=1S/C9H15NO2/c1-2-12-8(11)9-6-7(9)4-3-5-10-9/h7,10H,2-6H2,1H3/t7-,9+/m0/s1. The van der Waals surface area contributed by atoms with E-state index in [1.807, 2.05) is 6.92 Å². The largest absolute Gasteiger partial charge is 0.465 e. The molecule has 12 heavy (non-hydrogen) atoms. The fourth-order valence-electron chi connectivity index (χ4n) is 2.14. The van der Waals surface area contributed by atoms with Crippen LogP contribution >= 0.6 is 0 Å². The number of hydrogen-bond donors (Lipinski definition) is 1. The number of carbonyl (C=O) groups excluding carboxylic acids is 1. The van der Waals surface area contributed by atoms with E-state index in [2.05, 4.69) is 5.32 Å². The Hall–Kier alpha value is -0.570. The van der Waals surface area contributed by atoms with E-state index in [1.54, 1.807) is 0 Å². The van der Waals surface area contributed by atoms with E-state index < -0.39 is 0 Å². The third kappa shape index (κ3) is 1.04. The van der Waals surface area contributed by atoms with Crippen LogP contribution in [-0.4, -0.2) is 24.7 Å². The van der Waals surface area contributed by atoms with Crippen molar-refractivity contribution in [3.8, 4) is 0 Å². The number of fused-ring (bicyclic) bond motifs is 1. The molecule has 68 valence electrons. The Bertz CT molecular complexity index is 205. The second-order valence-electron chi connectivity index (χ2n) is 3.66. The molecule has 0 radical (unpaired) electrons. The molecular weight excluding hydrogens is 154 g/mol. The van der Waals surface area contributed by atoms with Crippen LogP contribution in [0.3, 0.4) is 0 Å². The van der Waals surface area contributed by atoms with Crippen LogP contribution in [0.1, 0.15) is 26.2 Å². The minimum atomic E-state index is -0.256. The van der Waals surface area contributed by atoms with Gasteiger partial charge in [-0.25, -0.2) is 0 Å². The number of nitrogens with one attached hydrogen (secondary N) is 1. The normalized spacial score (nSPS) is 38.6. The molecule has 2 rings (SSSR count). The lowest BCUT2D eigenvalue weighted by molar-refractivity contribution is -0.147. The zero-order valence-electron chi connectivity index (χ0n) is 7.43. The Kier molecular flexibility index (Phi) is 1.83. The van der Waals surface area contributed by atoms with Gasteiger partial charge in [0.1, 0.15) is 5.54 Å². The van der Waals surface area contributed by atoms with Crippen molar-refractivity contribution in [1.82, 2.24) is 5.32 Å². The first-order valence-corrected chi connectivity index (χ1v) is 4.72. The van der Waals surface area contributed by atoms with E-state index in [0.717, 1.165) is 13.0 Å². The predicted molar refractivity (Wildman–Crippen MR) is 44.7 cm³/mol. The Morgan fingerprint density at radius 1 is 1.75 bits per heavy atom. The predicted octanol–water partition coefficient (Wildman–Crippen LogP) is 0.692. The molecule has 0 spiro atoms. The van der Waals surface area contributed by atoms with Crippen LogP contribution in [0.25, 0.3) is 0 Å². The van der Waals surface area contributed by atoms with Gasteiger partial charge in [-0.2, -0.15) is 0 Å². The molecule has 1 saturated carbocycles. The first-order valence-electron chi connectivity index (χ1n) is 4.72. The highest BCUT2D eigenvalue weighted by atomic mass is 16.5. The summed E-state index contributed by atoms with van der Waals surface area (Å²) in [6, 6.07) is 0. The van der Waals surface area contributed by atoms with E-state index in [-0.39, 0.29) is 11.5 Å². The zero-order valence-corrected chi connectivity index (χ0v) is 7.43. The maximum atomic E-state index is 11.5. The van der Waals surface area contributed by atoms with Crippen LogP contribution in [0, 0.1) is 5.92 Å². The minimum absolute atomic E-state index is 0.0327. The summed E-state index contributed by atoms with van der Waals surface area (Å²) in [5, 5.41) is 3.28. The van der Waals surface area contributed by atoms with Gasteiger partial charge in [0.25, 0.3) is 0 Å². The van der Waals surface area contributed by atoms with Crippen molar-refractivity contribution in [1.29, 1.82) is 0 Å². The van der Waals surface area contributed by atoms with Gasteiger partial charge in [-0.05, 0) is 38.6 Å². The van der Waals surface area contributed by atoms with Gasteiger partial charge in [0.05, 0.1) is 6.61 Å². The van der Waals surface area contributed by atoms with E-state index >= 15 is 0 Å². The van der Waals surface area contributed by atoms with Gasteiger partial charge in [0, 0.05) is 0 Å². The highest BCUT2D eigenvalue weighted by Gasteiger charge is 2.61. The molecule has 1 aliphatic carbocycles. The highest BCUT2D eigenvalue weighted by molar-refractivity contribution is 5.85. The summed E-state index contributed by atoms with van der Waals surface area (Å²) in [5.41, 5.74) is -0.256. The molecule has 0 bridgehead atoms. The maximum Gasteiger partial charge on any atom is 0.326 e. The minimum Gasteiger partial charge on any atom is -0.465 e. The SMILES string of the molecule is CCOC(=O)[C@@]12C[C@@H]1CCCN2. The summed E-state index contributed by atoms with van der Waals surface area (Å²) in [6.07, 6.45) is 3.38. The molecule has 1 heterocycles. The zero-order chi connectivity index (χ0) is 8.60. The molecule has 2 atom stereocenters. The fraction of sp³-hybridized carbons (Fsp3) is 0.889. The summed E-state index contributed by atoms with van der Waals surface area (Å²) in [4.78, 5) is 11.5. The number of ether oxygens (including phenoxy) is 1. The summed E-state index contributed by atoms with van der Waals surface area (Å²) in [6.45, 7) is 3.32. The van der Waals surface area contributed by atoms with Crippen LogP contribution in [0.15, 0.2) is 0 Å². The Morgan fingerprint density at radius 2 is 2.58 bits per heavy atom. The van der Waals surface area contributed by atoms with E-state index in [0.29, 0.717) is 12.5 Å². The molecule has 0 aromatic carbocycles. The van der Waals surface area contributed by atoms with Gasteiger partial charge in [-0.15, -0.1) is 0 Å². The van der Waals surface area contributed by atoms with E-state index in [1.165, 1.54) is 12.8 Å². The maximum absolute atomic E-state index is 11.5. The average molecular weight is 169 g/mol. The van der Waals surface area contributed by atoms with Crippen molar-refractivity contribution in [3.05, 3.63) is 0 Å². The first kappa shape index (κ1) is 8.05. The van der Waals surface area contributed by atoms with Crippen molar-refractivity contribution in [3.63, 3.8) is 0 Å². The lowest BCUT2D eigenvalue weighted by atomic mass is 10.1. The Balaban J connectivity index is 1.98. The third-order valence-electron chi connectivity index (χ3n) is 2.91. The Labute approximate surface area is 72.5 Å². The van der Waals surface area contributed by atoms with Crippen LogP contribution in [0.2, 0.25) is 0 Å². The lowest BCUT2D eigenvalue weighted by Gasteiger charge is -2.21. The van der Waals surface area contributed by atoms with Crippen molar-refractivity contribution < 1.29 is 9.53 Å². The first-order chi connectivity index (χ1) is 5.79. The number of piperidine rings is 1. The monoisotopic (exact) mass is 169 g/mol.